The van der Waals surface area contributed by atoms with E-state index in [2.05, 4.69) is 15.2 Å². The Bertz CT molecular complexity index is 1220. The number of H-pyrrole nitrogens is 1. The number of hydrogen-bond donors (Lipinski definition) is 2. The van der Waals surface area contributed by atoms with E-state index >= 15 is 0 Å². The quantitative estimate of drug-likeness (QED) is 0.679. The van der Waals surface area contributed by atoms with E-state index in [1.54, 1.807) is 0 Å². The number of likely N-dealkylation sites (tertiary alicyclic amines) is 1. The Morgan fingerprint density at radius 2 is 1.90 bits per heavy atom. The standard InChI is InChI=1S/C23H24N4O4/c28-21-11-16-17(24-21)5-6-20-22(16)31-15(13-30-20)12-26-9-7-14(8-10-26)27-19-4-2-1-3-18(19)25-23(27)29/h1-6,14-15H,7-13H2,(H,24,28)(H,25,29). The van der Waals surface area contributed by atoms with Gasteiger partial charge in [0.2, 0.25) is 5.91 Å². The van der Waals surface area contributed by atoms with Crippen molar-refractivity contribution in [3.05, 3.63) is 52.4 Å². The molecule has 8 heteroatoms. The van der Waals surface area contributed by atoms with Crippen LogP contribution in [0.2, 0.25) is 0 Å². The van der Waals surface area contributed by atoms with E-state index in [0.717, 1.165) is 54.8 Å². The van der Waals surface area contributed by atoms with Crippen molar-refractivity contribution in [2.75, 3.05) is 31.6 Å². The largest absolute Gasteiger partial charge is 0.486 e. The number of anilines is 1. The molecule has 3 aliphatic rings. The average Bonchev–Trinajstić information content (AvgIpc) is 3.33. The van der Waals surface area contributed by atoms with Crippen molar-refractivity contribution in [2.45, 2.75) is 31.4 Å². The molecule has 1 fully saturated rings. The van der Waals surface area contributed by atoms with E-state index in [4.69, 9.17) is 9.47 Å². The van der Waals surface area contributed by atoms with Crippen molar-refractivity contribution in [2.24, 2.45) is 0 Å². The molecule has 160 valence electrons. The molecule has 6 rings (SSSR count). The summed E-state index contributed by atoms with van der Waals surface area (Å²) in [7, 11) is 0. The number of ether oxygens (including phenoxy) is 2. The number of imidazole rings is 1. The van der Waals surface area contributed by atoms with Crippen molar-refractivity contribution in [1.29, 1.82) is 0 Å². The number of nitrogens with zero attached hydrogens (tertiary/aromatic N) is 2. The summed E-state index contributed by atoms with van der Waals surface area (Å²) in [6.45, 7) is 3.06. The topological polar surface area (TPSA) is 88.6 Å². The zero-order chi connectivity index (χ0) is 20.9. The van der Waals surface area contributed by atoms with Crippen molar-refractivity contribution < 1.29 is 14.3 Å². The first-order chi connectivity index (χ1) is 15.2. The molecule has 8 nitrogen and oxygen atoms in total. The molecule has 1 aromatic heterocycles. The zero-order valence-corrected chi connectivity index (χ0v) is 17.1. The number of nitrogens with one attached hydrogen (secondary N) is 2. The van der Waals surface area contributed by atoms with Gasteiger partial charge in [0.25, 0.3) is 0 Å². The molecule has 0 saturated carbocycles. The fraction of sp³-hybridized carbons (Fsp3) is 0.391. The van der Waals surface area contributed by atoms with E-state index < -0.39 is 0 Å². The third-order valence-corrected chi connectivity index (χ3v) is 6.55. The lowest BCUT2D eigenvalue weighted by Gasteiger charge is -2.36. The smallest absolute Gasteiger partial charge is 0.326 e. The molecule has 0 aliphatic carbocycles. The van der Waals surface area contributed by atoms with Crippen LogP contribution in [-0.2, 0) is 11.2 Å². The molecule has 1 unspecified atom stereocenters. The highest BCUT2D eigenvalue weighted by molar-refractivity contribution is 6.00. The second kappa shape index (κ2) is 7.16. The second-order valence-corrected chi connectivity index (χ2v) is 8.54. The fourth-order valence-corrected chi connectivity index (χ4v) is 5.06. The number of benzene rings is 2. The van der Waals surface area contributed by atoms with Gasteiger partial charge in [-0.15, -0.1) is 0 Å². The number of fused-ring (bicyclic) bond motifs is 4. The van der Waals surface area contributed by atoms with Crippen LogP contribution in [0.15, 0.2) is 41.2 Å². The van der Waals surface area contributed by atoms with Gasteiger partial charge in [0.15, 0.2) is 11.5 Å². The highest BCUT2D eigenvalue weighted by atomic mass is 16.6. The summed E-state index contributed by atoms with van der Waals surface area (Å²) in [4.78, 5) is 29.6. The highest BCUT2D eigenvalue weighted by Gasteiger charge is 2.32. The summed E-state index contributed by atoms with van der Waals surface area (Å²) < 4.78 is 14.1. The van der Waals surface area contributed by atoms with E-state index in [1.807, 2.05) is 41.0 Å². The number of rotatable bonds is 3. The summed E-state index contributed by atoms with van der Waals surface area (Å²) in [6.07, 6.45) is 2.08. The summed E-state index contributed by atoms with van der Waals surface area (Å²) in [5.41, 5.74) is 3.55. The molecular formula is C23H24N4O4. The number of aromatic nitrogens is 2. The molecule has 31 heavy (non-hydrogen) atoms. The number of para-hydroxylation sites is 2. The molecule has 3 aliphatic heterocycles. The normalized spacial score (nSPS) is 21.3. The first kappa shape index (κ1) is 18.5. The summed E-state index contributed by atoms with van der Waals surface area (Å²) in [5.74, 6) is 1.40. The Labute approximate surface area is 178 Å². The lowest BCUT2D eigenvalue weighted by molar-refractivity contribution is -0.115. The maximum absolute atomic E-state index is 12.5. The third-order valence-electron chi connectivity index (χ3n) is 6.55. The molecule has 1 amide bonds. The van der Waals surface area contributed by atoms with E-state index in [-0.39, 0.29) is 23.7 Å². The lowest BCUT2D eigenvalue weighted by atomic mass is 10.0. The molecule has 0 bridgehead atoms. The monoisotopic (exact) mass is 420 g/mol. The van der Waals surface area contributed by atoms with Crippen LogP contribution in [0.4, 0.5) is 5.69 Å². The minimum atomic E-state index is -0.0814. The molecule has 4 heterocycles. The van der Waals surface area contributed by atoms with Crippen molar-refractivity contribution in [1.82, 2.24) is 14.5 Å². The van der Waals surface area contributed by atoms with Crippen LogP contribution >= 0.6 is 0 Å². The molecule has 1 saturated heterocycles. The molecule has 2 N–H and O–H groups in total. The van der Waals surface area contributed by atoms with Gasteiger partial charge >= 0.3 is 5.69 Å². The van der Waals surface area contributed by atoms with Crippen LogP contribution in [0.25, 0.3) is 11.0 Å². The third kappa shape index (κ3) is 3.18. The minimum absolute atomic E-state index is 0.0104. The van der Waals surface area contributed by atoms with Gasteiger partial charge in [0.1, 0.15) is 12.7 Å². The predicted molar refractivity (Wildman–Crippen MR) is 116 cm³/mol. The molecule has 2 aromatic carbocycles. The Morgan fingerprint density at radius 3 is 2.77 bits per heavy atom. The number of piperidine rings is 1. The SMILES string of the molecule is O=C1Cc2c(ccc3c2OC(CN2CCC(n4c(=O)[nH]c5ccccc54)CC2)CO3)N1. The van der Waals surface area contributed by atoms with Gasteiger partial charge in [0, 0.05) is 36.9 Å². The molecule has 1 atom stereocenters. The van der Waals surface area contributed by atoms with Crippen LogP contribution < -0.4 is 20.5 Å². The van der Waals surface area contributed by atoms with Gasteiger partial charge in [-0.3, -0.25) is 14.3 Å². The average molecular weight is 420 g/mol. The minimum Gasteiger partial charge on any atom is -0.486 e. The molecule has 3 aromatic rings. The van der Waals surface area contributed by atoms with Gasteiger partial charge in [0.05, 0.1) is 17.5 Å². The Balaban J connectivity index is 1.13. The maximum atomic E-state index is 12.5. The van der Waals surface area contributed by atoms with Gasteiger partial charge in [-0.2, -0.15) is 0 Å². The first-order valence-electron chi connectivity index (χ1n) is 10.8. The summed E-state index contributed by atoms with van der Waals surface area (Å²) in [5, 5.41) is 2.86. The van der Waals surface area contributed by atoms with Crippen LogP contribution in [0.3, 0.4) is 0 Å². The number of aromatic amines is 1. The Kier molecular flexibility index (Phi) is 4.27. The van der Waals surface area contributed by atoms with Crippen LogP contribution in [0.1, 0.15) is 24.4 Å². The zero-order valence-electron chi connectivity index (χ0n) is 17.1. The van der Waals surface area contributed by atoms with E-state index in [0.29, 0.717) is 24.5 Å². The Morgan fingerprint density at radius 1 is 1.06 bits per heavy atom. The van der Waals surface area contributed by atoms with E-state index in [9.17, 15) is 9.59 Å². The fourth-order valence-electron chi connectivity index (χ4n) is 5.06. The number of hydrogen-bond acceptors (Lipinski definition) is 5. The van der Waals surface area contributed by atoms with Gasteiger partial charge in [-0.25, -0.2) is 4.79 Å². The maximum Gasteiger partial charge on any atom is 0.326 e. The van der Waals surface area contributed by atoms with Crippen molar-refractivity contribution in [3.8, 4) is 11.5 Å². The van der Waals surface area contributed by atoms with Crippen LogP contribution in [0, 0.1) is 0 Å². The van der Waals surface area contributed by atoms with Crippen LogP contribution in [-0.4, -0.2) is 52.7 Å². The summed E-state index contributed by atoms with van der Waals surface area (Å²) >= 11 is 0. The Hall–Kier alpha value is -3.26. The summed E-state index contributed by atoms with van der Waals surface area (Å²) in [6, 6.07) is 11.8. The molecular weight excluding hydrogens is 396 g/mol. The number of amides is 1. The number of carbonyl (C=O) groups excluding carboxylic acids is 1. The van der Waals surface area contributed by atoms with Gasteiger partial charge in [-0.1, -0.05) is 12.1 Å². The molecule has 0 spiro atoms. The second-order valence-electron chi connectivity index (χ2n) is 8.54. The number of carbonyl (C=O) groups is 1. The highest BCUT2D eigenvalue weighted by Crippen LogP contribution is 2.42. The first-order valence-corrected chi connectivity index (χ1v) is 10.8. The van der Waals surface area contributed by atoms with Crippen molar-refractivity contribution >= 4 is 22.6 Å². The van der Waals surface area contributed by atoms with Crippen molar-refractivity contribution in [3.63, 3.8) is 0 Å². The van der Waals surface area contributed by atoms with Gasteiger partial charge in [-0.05, 0) is 37.1 Å². The predicted octanol–water partition coefficient (Wildman–Crippen LogP) is 2.30. The molecule has 0 radical (unpaired) electrons. The van der Waals surface area contributed by atoms with Crippen LogP contribution in [0.5, 0.6) is 11.5 Å². The van der Waals surface area contributed by atoms with Gasteiger partial charge < -0.3 is 19.8 Å². The lowest BCUT2D eigenvalue weighted by Crippen LogP contribution is -2.45. The van der Waals surface area contributed by atoms with E-state index in [1.165, 1.54) is 0 Å².